The van der Waals surface area contributed by atoms with Crippen molar-refractivity contribution in [2.24, 2.45) is 5.41 Å². The molecule has 1 N–H and O–H groups in total. The summed E-state index contributed by atoms with van der Waals surface area (Å²) in [6, 6.07) is 5.14. The molecule has 1 aromatic rings. The van der Waals surface area contributed by atoms with Gasteiger partial charge in [0, 0.05) is 25.7 Å². The highest BCUT2D eigenvalue weighted by atomic mass is 16.2. The molecule has 2 aliphatic rings. The van der Waals surface area contributed by atoms with E-state index in [0.29, 0.717) is 25.2 Å². The minimum atomic E-state index is -0.721. The first kappa shape index (κ1) is 11.8. The molecule has 0 radical (unpaired) electrons. The van der Waals surface area contributed by atoms with Crippen LogP contribution in [0.3, 0.4) is 0 Å². The second-order valence-electron chi connectivity index (χ2n) is 5.03. The zero-order chi connectivity index (χ0) is 13.5. The summed E-state index contributed by atoms with van der Waals surface area (Å²) in [5.41, 5.74) is -0.356. The van der Waals surface area contributed by atoms with Crippen molar-refractivity contribution in [3.05, 3.63) is 30.1 Å². The predicted molar refractivity (Wildman–Crippen MR) is 65.0 cm³/mol. The molecule has 6 heteroatoms. The molecular weight excluding hydrogens is 246 g/mol. The summed E-state index contributed by atoms with van der Waals surface area (Å²) in [7, 11) is 0. The first-order valence-corrected chi connectivity index (χ1v) is 6.15. The number of rotatable bonds is 1. The summed E-state index contributed by atoms with van der Waals surface area (Å²) in [4.78, 5) is 41.0. The van der Waals surface area contributed by atoms with E-state index < -0.39 is 5.41 Å². The number of nitrogens with one attached hydrogen (secondary N) is 1. The topological polar surface area (TPSA) is 79.4 Å². The average Bonchev–Trinajstić information content (AvgIpc) is 2.95. The fourth-order valence-electron chi connectivity index (χ4n) is 2.72. The van der Waals surface area contributed by atoms with E-state index >= 15 is 0 Å². The fourth-order valence-corrected chi connectivity index (χ4v) is 2.72. The second kappa shape index (κ2) is 4.15. The summed E-state index contributed by atoms with van der Waals surface area (Å²) in [6.45, 7) is 0.774. The Bertz CT molecular complexity index is 558. The van der Waals surface area contributed by atoms with E-state index in [0.717, 1.165) is 0 Å². The Balaban J connectivity index is 1.78. The van der Waals surface area contributed by atoms with E-state index in [1.165, 1.54) is 0 Å². The smallest absolute Gasteiger partial charge is 0.272 e. The Morgan fingerprint density at radius 1 is 1.37 bits per heavy atom. The zero-order valence-corrected chi connectivity index (χ0v) is 10.3. The van der Waals surface area contributed by atoms with E-state index in [2.05, 4.69) is 10.3 Å². The maximum absolute atomic E-state index is 12.2. The number of aromatic nitrogens is 1. The number of pyridine rings is 1. The highest BCUT2D eigenvalue weighted by Gasteiger charge is 2.51. The van der Waals surface area contributed by atoms with Gasteiger partial charge < -0.3 is 4.90 Å². The number of hydrogen-bond acceptors (Lipinski definition) is 4. The number of nitrogens with zero attached hydrogens (tertiary/aromatic N) is 2. The SMILES string of the molecule is O=C1CC2(CCN(C(=O)c3ccccn3)C2)C(=O)N1. The van der Waals surface area contributed by atoms with Crippen molar-refractivity contribution in [3.8, 4) is 0 Å². The number of likely N-dealkylation sites (tertiary alicyclic amines) is 1. The first-order chi connectivity index (χ1) is 9.11. The molecule has 3 heterocycles. The molecule has 1 spiro atoms. The van der Waals surface area contributed by atoms with Crippen LogP contribution in [0.4, 0.5) is 0 Å². The Hall–Kier alpha value is -2.24. The maximum Gasteiger partial charge on any atom is 0.272 e. The third-order valence-corrected chi connectivity index (χ3v) is 3.76. The minimum absolute atomic E-state index is 0.178. The van der Waals surface area contributed by atoms with Gasteiger partial charge in [0.2, 0.25) is 11.8 Å². The fraction of sp³-hybridized carbons (Fsp3) is 0.385. The second-order valence-corrected chi connectivity index (χ2v) is 5.03. The van der Waals surface area contributed by atoms with Crippen LogP contribution in [-0.2, 0) is 9.59 Å². The van der Waals surface area contributed by atoms with Crippen LogP contribution in [0.1, 0.15) is 23.3 Å². The molecule has 19 heavy (non-hydrogen) atoms. The molecule has 1 unspecified atom stereocenters. The van der Waals surface area contributed by atoms with Crippen molar-refractivity contribution >= 4 is 17.7 Å². The van der Waals surface area contributed by atoms with Crippen molar-refractivity contribution in [3.63, 3.8) is 0 Å². The van der Waals surface area contributed by atoms with E-state index in [4.69, 9.17) is 0 Å². The molecule has 3 amide bonds. The molecule has 0 saturated carbocycles. The lowest BCUT2D eigenvalue weighted by molar-refractivity contribution is -0.128. The van der Waals surface area contributed by atoms with Gasteiger partial charge in [-0.25, -0.2) is 0 Å². The molecule has 1 aromatic heterocycles. The third kappa shape index (κ3) is 1.89. The molecule has 6 nitrogen and oxygen atoms in total. The van der Waals surface area contributed by atoms with Crippen molar-refractivity contribution in [1.82, 2.24) is 15.2 Å². The standard InChI is InChI=1S/C13H13N3O3/c17-10-7-13(12(19)15-10)4-6-16(8-13)11(18)9-3-1-2-5-14-9/h1-3,5H,4,6-8H2,(H,15,17,19). The Morgan fingerprint density at radius 2 is 2.21 bits per heavy atom. The number of imide groups is 1. The first-order valence-electron chi connectivity index (χ1n) is 6.15. The van der Waals surface area contributed by atoms with Crippen LogP contribution in [0, 0.1) is 5.41 Å². The van der Waals surface area contributed by atoms with Crippen molar-refractivity contribution in [1.29, 1.82) is 0 Å². The van der Waals surface area contributed by atoms with Gasteiger partial charge >= 0.3 is 0 Å². The third-order valence-electron chi connectivity index (χ3n) is 3.76. The van der Waals surface area contributed by atoms with E-state index in [1.54, 1.807) is 29.3 Å². The maximum atomic E-state index is 12.2. The minimum Gasteiger partial charge on any atom is -0.336 e. The summed E-state index contributed by atoms with van der Waals surface area (Å²) in [5.74, 6) is -0.699. The van der Waals surface area contributed by atoms with Gasteiger partial charge in [-0.2, -0.15) is 0 Å². The van der Waals surface area contributed by atoms with E-state index in [-0.39, 0.29) is 24.1 Å². The zero-order valence-electron chi connectivity index (χ0n) is 10.3. The predicted octanol–water partition coefficient (Wildman–Crippen LogP) is -0.0396. The largest absolute Gasteiger partial charge is 0.336 e. The van der Waals surface area contributed by atoms with Gasteiger partial charge in [0.05, 0.1) is 5.41 Å². The van der Waals surface area contributed by atoms with Gasteiger partial charge in [0.1, 0.15) is 5.69 Å². The number of amides is 3. The summed E-state index contributed by atoms with van der Waals surface area (Å²) >= 11 is 0. The van der Waals surface area contributed by atoms with Crippen LogP contribution < -0.4 is 5.32 Å². The molecule has 98 valence electrons. The van der Waals surface area contributed by atoms with Gasteiger partial charge in [0.15, 0.2) is 0 Å². The lowest BCUT2D eigenvalue weighted by Gasteiger charge is -2.20. The summed E-state index contributed by atoms with van der Waals surface area (Å²) < 4.78 is 0. The molecule has 2 fully saturated rings. The highest BCUT2D eigenvalue weighted by Crippen LogP contribution is 2.37. The van der Waals surface area contributed by atoms with Crippen molar-refractivity contribution in [2.75, 3.05) is 13.1 Å². The average molecular weight is 259 g/mol. The normalized spacial score (nSPS) is 26.0. The molecule has 2 saturated heterocycles. The number of carbonyl (C=O) groups excluding carboxylic acids is 3. The number of hydrogen-bond donors (Lipinski definition) is 1. The molecule has 1 atom stereocenters. The van der Waals surface area contributed by atoms with Gasteiger partial charge in [-0.05, 0) is 18.6 Å². The monoisotopic (exact) mass is 259 g/mol. The van der Waals surface area contributed by atoms with E-state index in [1.807, 2.05) is 0 Å². The van der Waals surface area contributed by atoms with Crippen LogP contribution in [0.25, 0.3) is 0 Å². The summed E-state index contributed by atoms with van der Waals surface area (Å²) in [5, 5.41) is 2.32. The molecule has 0 bridgehead atoms. The van der Waals surface area contributed by atoms with Gasteiger partial charge in [-0.15, -0.1) is 0 Å². The lowest BCUT2D eigenvalue weighted by atomic mass is 9.85. The van der Waals surface area contributed by atoms with Crippen LogP contribution in [0.5, 0.6) is 0 Å². The Kier molecular flexibility index (Phi) is 2.58. The Labute approximate surface area is 109 Å². The van der Waals surface area contributed by atoms with Crippen molar-refractivity contribution in [2.45, 2.75) is 12.8 Å². The van der Waals surface area contributed by atoms with Gasteiger partial charge in [-0.1, -0.05) is 6.07 Å². The van der Waals surface area contributed by atoms with Crippen LogP contribution in [-0.4, -0.2) is 40.7 Å². The quantitative estimate of drug-likeness (QED) is 0.718. The van der Waals surface area contributed by atoms with Crippen molar-refractivity contribution < 1.29 is 14.4 Å². The molecule has 3 rings (SSSR count). The van der Waals surface area contributed by atoms with E-state index in [9.17, 15) is 14.4 Å². The van der Waals surface area contributed by atoms with Gasteiger partial charge in [0.25, 0.3) is 5.91 Å². The van der Waals surface area contributed by atoms with Gasteiger partial charge in [-0.3, -0.25) is 24.7 Å². The number of carbonyl (C=O) groups is 3. The molecule has 0 aromatic carbocycles. The molecular formula is C13H13N3O3. The Morgan fingerprint density at radius 3 is 2.84 bits per heavy atom. The molecule has 0 aliphatic carbocycles. The lowest BCUT2D eigenvalue weighted by Crippen LogP contribution is -2.36. The van der Waals surface area contributed by atoms with Crippen LogP contribution >= 0.6 is 0 Å². The highest BCUT2D eigenvalue weighted by molar-refractivity contribution is 6.06. The van der Waals surface area contributed by atoms with Crippen LogP contribution in [0.15, 0.2) is 24.4 Å². The summed E-state index contributed by atoms with van der Waals surface area (Å²) in [6.07, 6.45) is 2.27. The molecule has 2 aliphatic heterocycles. The van der Waals surface area contributed by atoms with Crippen LogP contribution in [0.2, 0.25) is 0 Å².